The number of aromatic nitrogens is 4. The van der Waals surface area contributed by atoms with Crippen LogP contribution in [0.2, 0.25) is 0 Å². The summed E-state index contributed by atoms with van der Waals surface area (Å²) >= 11 is 0. The Bertz CT molecular complexity index is 448. The molecule has 0 unspecified atom stereocenters. The van der Waals surface area contributed by atoms with Gasteiger partial charge in [-0.2, -0.15) is 10.2 Å². The number of nitrogens with zero attached hydrogens (tertiary/aromatic N) is 4. The van der Waals surface area contributed by atoms with Crippen molar-refractivity contribution < 1.29 is 0 Å². The largest absolute Gasteiger partial charge is 0.364 e. The van der Waals surface area contributed by atoms with Crippen LogP contribution in [-0.4, -0.2) is 19.6 Å². The average Bonchev–Trinajstić information content (AvgIpc) is 2.85. The summed E-state index contributed by atoms with van der Waals surface area (Å²) in [4.78, 5) is 0. The highest BCUT2D eigenvalue weighted by atomic mass is 35.5. The fourth-order valence-corrected chi connectivity index (χ4v) is 1.57. The first kappa shape index (κ1) is 13.6. The minimum absolute atomic E-state index is 0. The lowest BCUT2D eigenvalue weighted by molar-refractivity contribution is 0.604. The van der Waals surface area contributed by atoms with E-state index in [-0.39, 0.29) is 12.4 Å². The summed E-state index contributed by atoms with van der Waals surface area (Å²) in [6, 6.07) is 1.99. The Morgan fingerprint density at radius 2 is 2.24 bits per heavy atom. The normalized spacial score (nSPS) is 10.0. The summed E-state index contributed by atoms with van der Waals surface area (Å²) in [5.41, 5.74) is 1.16. The first-order valence-electron chi connectivity index (χ1n) is 5.53. The maximum atomic E-state index is 4.40. The molecule has 17 heavy (non-hydrogen) atoms. The summed E-state index contributed by atoms with van der Waals surface area (Å²) in [5.74, 6) is 0.914. The minimum Gasteiger partial charge on any atom is -0.364 e. The van der Waals surface area contributed by atoms with Gasteiger partial charge in [0.05, 0.1) is 6.20 Å². The smallest absolute Gasteiger partial charge is 0.148 e. The van der Waals surface area contributed by atoms with Gasteiger partial charge in [0.25, 0.3) is 0 Å². The van der Waals surface area contributed by atoms with Crippen LogP contribution in [0.5, 0.6) is 0 Å². The number of aryl methyl sites for hydroxylation is 2. The van der Waals surface area contributed by atoms with Crippen molar-refractivity contribution in [2.45, 2.75) is 26.4 Å². The molecule has 0 spiro atoms. The molecule has 0 fully saturated rings. The molecular weight excluding hydrogens is 238 g/mol. The van der Waals surface area contributed by atoms with Crippen LogP contribution in [0.25, 0.3) is 0 Å². The quantitative estimate of drug-likeness (QED) is 0.890. The molecule has 0 saturated carbocycles. The maximum absolute atomic E-state index is 4.40. The lowest BCUT2D eigenvalue weighted by Gasteiger charge is -2.00. The molecule has 94 valence electrons. The van der Waals surface area contributed by atoms with Crippen molar-refractivity contribution in [1.82, 2.24) is 19.6 Å². The highest BCUT2D eigenvalue weighted by molar-refractivity contribution is 5.85. The number of hydrogen-bond acceptors (Lipinski definition) is 3. The third-order valence-electron chi connectivity index (χ3n) is 2.33. The zero-order valence-electron chi connectivity index (χ0n) is 10.1. The van der Waals surface area contributed by atoms with Gasteiger partial charge in [-0.25, -0.2) is 0 Å². The van der Waals surface area contributed by atoms with Gasteiger partial charge in [-0.3, -0.25) is 9.36 Å². The predicted octanol–water partition coefficient (Wildman–Crippen LogP) is 2.06. The van der Waals surface area contributed by atoms with Crippen molar-refractivity contribution in [3.63, 3.8) is 0 Å². The van der Waals surface area contributed by atoms with Crippen LogP contribution >= 0.6 is 12.4 Å². The van der Waals surface area contributed by atoms with Gasteiger partial charge in [0.1, 0.15) is 5.82 Å². The van der Waals surface area contributed by atoms with Crippen LogP contribution in [-0.2, 0) is 20.1 Å². The van der Waals surface area contributed by atoms with Crippen molar-refractivity contribution in [3.8, 4) is 0 Å². The van der Waals surface area contributed by atoms with E-state index in [9.17, 15) is 0 Å². The monoisotopic (exact) mass is 255 g/mol. The molecule has 2 aromatic heterocycles. The van der Waals surface area contributed by atoms with Crippen molar-refractivity contribution in [1.29, 1.82) is 0 Å². The lowest BCUT2D eigenvalue weighted by atomic mass is 10.3. The van der Waals surface area contributed by atoms with Crippen LogP contribution in [0.15, 0.2) is 24.7 Å². The van der Waals surface area contributed by atoms with Gasteiger partial charge < -0.3 is 5.32 Å². The Labute approximate surface area is 107 Å². The molecule has 0 aromatic carbocycles. The van der Waals surface area contributed by atoms with Gasteiger partial charge in [0, 0.05) is 44.2 Å². The Balaban J connectivity index is 0.00000144. The van der Waals surface area contributed by atoms with Gasteiger partial charge in [-0.15, -0.1) is 12.4 Å². The molecule has 1 N–H and O–H groups in total. The van der Waals surface area contributed by atoms with E-state index >= 15 is 0 Å². The van der Waals surface area contributed by atoms with Crippen LogP contribution in [0.1, 0.15) is 18.9 Å². The van der Waals surface area contributed by atoms with Crippen LogP contribution in [0.3, 0.4) is 0 Å². The summed E-state index contributed by atoms with van der Waals surface area (Å²) < 4.78 is 3.75. The first-order chi connectivity index (χ1) is 7.78. The van der Waals surface area contributed by atoms with Crippen molar-refractivity contribution in [2.75, 3.05) is 5.32 Å². The summed E-state index contributed by atoms with van der Waals surface area (Å²) in [6.07, 6.45) is 6.95. The molecule has 2 rings (SSSR count). The fourth-order valence-electron chi connectivity index (χ4n) is 1.57. The highest BCUT2D eigenvalue weighted by Crippen LogP contribution is 2.05. The molecule has 2 heterocycles. The molecule has 0 bridgehead atoms. The van der Waals surface area contributed by atoms with E-state index in [1.54, 1.807) is 4.68 Å². The van der Waals surface area contributed by atoms with Crippen molar-refractivity contribution in [2.24, 2.45) is 7.05 Å². The molecule has 0 amide bonds. The topological polar surface area (TPSA) is 47.7 Å². The second-order valence-corrected chi connectivity index (χ2v) is 3.84. The fraction of sp³-hybridized carbons (Fsp3) is 0.455. The van der Waals surface area contributed by atoms with Gasteiger partial charge in [0.2, 0.25) is 0 Å². The Morgan fingerprint density at radius 1 is 1.41 bits per heavy atom. The molecule has 2 aromatic rings. The van der Waals surface area contributed by atoms with Gasteiger partial charge in [0.15, 0.2) is 0 Å². The SMILES string of the molecule is CCCn1ccc(NCc2cnn(C)c2)n1.Cl. The molecule has 0 aliphatic heterocycles. The van der Waals surface area contributed by atoms with E-state index in [0.717, 1.165) is 30.9 Å². The van der Waals surface area contributed by atoms with E-state index in [4.69, 9.17) is 0 Å². The molecule has 5 nitrogen and oxygen atoms in total. The van der Waals surface area contributed by atoms with E-state index in [1.165, 1.54) is 0 Å². The molecular formula is C11H18ClN5. The Morgan fingerprint density at radius 3 is 2.88 bits per heavy atom. The molecule has 0 aliphatic carbocycles. The second kappa shape index (κ2) is 6.30. The zero-order chi connectivity index (χ0) is 11.4. The summed E-state index contributed by atoms with van der Waals surface area (Å²) in [7, 11) is 1.92. The average molecular weight is 256 g/mol. The number of nitrogens with one attached hydrogen (secondary N) is 1. The van der Waals surface area contributed by atoms with E-state index in [2.05, 4.69) is 22.4 Å². The van der Waals surface area contributed by atoms with E-state index in [1.807, 2.05) is 36.4 Å². The van der Waals surface area contributed by atoms with Gasteiger partial charge in [-0.05, 0) is 6.42 Å². The van der Waals surface area contributed by atoms with E-state index in [0.29, 0.717) is 0 Å². The molecule has 0 atom stereocenters. The Hall–Kier alpha value is -1.49. The molecule has 0 saturated heterocycles. The molecule has 6 heteroatoms. The number of rotatable bonds is 5. The minimum atomic E-state index is 0. The Kier molecular flexibility index (Phi) is 5.03. The third kappa shape index (κ3) is 3.78. The lowest BCUT2D eigenvalue weighted by Crippen LogP contribution is -2.02. The highest BCUT2D eigenvalue weighted by Gasteiger charge is 1.99. The summed E-state index contributed by atoms with van der Waals surface area (Å²) in [6.45, 7) is 3.87. The van der Waals surface area contributed by atoms with Crippen LogP contribution in [0, 0.1) is 0 Å². The first-order valence-corrected chi connectivity index (χ1v) is 5.53. The third-order valence-corrected chi connectivity index (χ3v) is 2.33. The summed E-state index contributed by atoms with van der Waals surface area (Å²) in [5, 5.41) is 11.8. The molecule has 0 aliphatic rings. The zero-order valence-corrected chi connectivity index (χ0v) is 10.9. The van der Waals surface area contributed by atoms with Crippen LogP contribution in [0.4, 0.5) is 5.82 Å². The number of hydrogen-bond donors (Lipinski definition) is 1. The number of anilines is 1. The van der Waals surface area contributed by atoms with Crippen molar-refractivity contribution in [3.05, 3.63) is 30.2 Å². The van der Waals surface area contributed by atoms with E-state index < -0.39 is 0 Å². The van der Waals surface area contributed by atoms with Gasteiger partial charge in [-0.1, -0.05) is 6.92 Å². The maximum Gasteiger partial charge on any atom is 0.148 e. The van der Waals surface area contributed by atoms with Crippen LogP contribution < -0.4 is 5.32 Å². The predicted molar refractivity (Wildman–Crippen MR) is 70.3 cm³/mol. The second-order valence-electron chi connectivity index (χ2n) is 3.84. The number of halogens is 1. The molecule has 0 radical (unpaired) electrons. The standard InChI is InChI=1S/C11H17N5.ClH/c1-3-5-16-6-4-11(14-16)12-7-10-8-13-15(2)9-10;/h4,6,8-9H,3,5,7H2,1-2H3,(H,12,14);1H. The van der Waals surface area contributed by atoms with Gasteiger partial charge >= 0.3 is 0 Å². The van der Waals surface area contributed by atoms with Crippen molar-refractivity contribution >= 4 is 18.2 Å².